The predicted molar refractivity (Wildman–Crippen MR) is 74.5 cm³/mol. The molecule has 1 heterocycles. The van der Waals surface area contributed by atoms with Gasteiger partial charge in [-0.2, -0.15) is 0 Å². The highest BCUT2D eigenvalue weighted by Crippen LogP contribution is 2.27. The molecule has 4 nitrogen and oxygen atoms in total. The van der Waals surface area contributed by atoms with Crippen molar-refractivity contribution in [2.45, 2.75) is 38.3 Å². The number of halogens is 1. The van der Waals surface area contributed by atoms with Crippen LogP contribution in [0.5, 0.6) is 0 Å². The molecular weight excluding hydrogens is 316 g/mol. The monoisotopic (exact) mass is 332 g/mol. The smallest absolute Gasteiger partial charge is 0.319 e. The van der Waals surface area contributed by atoms with Crippen LogP contribution in [0, 0.1) is 0 Å². The summed E-state index contributed by atoms with van der Waals surface area (Å²) in [5, 5.41) is 1.04. The summed E-state index contributed by atoms with van der Waals surface area (Å²) in [4.78, 5) is 18.0. The number of carbonyl (C=O) groups excluding carboxylic acids is 1. The molecule has 0 radical (unpaired) electrons. The van der Waals surface area contributed by atoms with Gasteiger partial charge in [0.25, 0.3) is 0 Å². The SMILES string of the molecule is COC(=O)CN(Cc1ncc(Br)s1)C1CCCC1. The van der Waals surface area contributed by atoms with Crippen molar-refractivity contribution < 1.29 is 9.53 Å². The van der Waals surface area contributed by atoms with Crippen molar-refractivity contribution in [2.24, 2.45) is 0 Å². The van der Waals surface area contributed by atoms with Crippen molar-refractivity contribution in [1.82, 2.24) is 9.88 Å². The molecule has 1 aromatic heterocycles. The standard InChI is InChI=1S/C12H17BrN2O2S/c1-17-12(16)8-15(9-4-2-3-5-9)7-11-14-6-10(13)18-11/h6,9H,2-5,7-8H2,1H3. The first-order valence-electron chi connectivity index (χ1n) is 6.10. The van der Waals surface area contributed by atoms with E-state index in [1.54, 1.807) is 11.3 Å². The van der Waals surface area contributed by atoms with Crippen LogP contribution < -0.4 is 0 Å². The van der Waals surface area contributed by atoms with Gasteiger partial charge in [0.15, 0.2) is 0 Å². The minimum atomic E-state index is -0.169. The molecule has 0 amide bonds. The van der Waals surface area contributed by atoms with E-state index in [-0.39, 0.29) is 5.97 Å². The van der Waals surface area contributed by atoms with E-state index in [0.29, 0.717) is 12.6 Å². The minimum absolute atomic E-state index is 0.169. The zero-order valence-electron chi connectivity index (χ0n) is 10.4. The number of nitrogens with zero attached hydrogens (tertiary/aromatic N) is 2. The first-order valence-corrected chi connectivity index (χ1v) is 7.71. The molecule has 100 valence electrons. The normalized spacial score (nSPS) is 16.4. The molecule has 0 saturated heterocycles. The molecule has 1 aromatic rings. The lowest BCUT2D eigenvalue weighted by Gasteiger charge is -2.26. The van der Waals surface area contributed by atoms with Crippen LogP contribution in [0.25, 0.3) is 0 Å². The van der Waals surface area contributed by atoms with Gasteiger partial charge in [0, 0.05) is 6.04 Å². The van der Waals surface area contributed by atoms with Crippen LogP contribution in [0.1, 0.15) is 30.7 Å². The average Bonchev–Trinajstić information content (AvgIpc) is 2.99. The second kappa shape index (κ2) is 6.63. The quantitative estimate of drug-likeness (QED) is 0.777. The van der Waals surface area contributed by atoms with Gasteiger partial charge in [-0.3, -0.25) is 9.69 Å². The maximum atomic E-state index is 11.5. The summed E-state index contributed by atoms with van der Waals surface area (Å²) in [6.07, 6.45) is 6.66. The third-order valence-electron chi connectivity index (χ3n) is 3.26. The van der Waals surface area contributed by atoms with Crippen molar-refractivity contribution >= 4 is 33.2 Å². The molecular formula is C12H17BrN2O2S. The molecule has 0 spiro atoms. The lowest BCUT2D eigenvalue weighted by atomic mass is 10.2. The van der Waals surface area contributed by atoms with E-state index in [2.05, 4.69) is 25.8 Å². The Morgan fingerprint density at radius 3 is 2.89 bits per heavy atom. The fraction of sp³-hybridized carbons (Fsp3) is 0.667. The Morgan fingerprint density at radius 2 is 2.33 bits per heavy atom. The van der Waals surface area contributed by atoms with Crippen molar-refractivity contribution in [3.63, 3.8) is 0 Å². The van der Waals surface area contributed by atoms with Crippen LogP contribution in [0.2, 0.25) is 0 Å². The number of esters is 1. The molecule has 2 rings (SSSR count). The van der Waals surface area contributed by atoms with E-state index in [9.17, 15) is 4.79 Å². The van der Waals surface area contributed by atoms with Gasteiger partial charge >= 0.3 is 5.97 Å². The summed E-state index contributed by atoms with van der Waals surface area (Å²) in [5.74, 6) is -0.169. The van der Waals surface area contributed by atoms with Gasteiger partial charge < -0.3 is 4.74 Å². The summed E-state index contributed by atoms with van der Waals surface area (Å²) >= 11 is 5.04. The van der Waals surface area contributed by atoms with Crippen LogP contribution in [0.15, 0.2) is 9.98 Å². The van der Waals surface area contributed by atoms with Crippen LogP contribution in [-0.2, 0) is 16.1 Å². The lowest BCUT2D eigenvalue weighted by molar-refractivity contribution is -0.142. The van der Waals surface area contributed by atoms with E-state index in [1.807, 2.05) is 6.20 Å². The van der Waals surface area contributed by atoms with Crippen molar-refractivity contribution in [3.8, 4) is 0 Å². The maximum absolute atomic E-state index is 11.5. The van der Waals surface area contributed by atoms with Crippen molar-refractivity contribution in [2.75, 3.05) is 13.7 Å². The summed E-state index contributed by atoms with van der Waals surface area (Å²) in [6, 6.07) is 0.492. The zero-order chi connectivity index (χ0) is 13.0. The molecule has 6 heteroatoms. The molecule has 1 aliphatic carbocycles. The van der Waals surface area contributed by atoms with Gasteiger partial charge in [0.1, 0.15) is 5.01 Å². The van der Waals surface area contributed by atoms with E-state index in [0.717, 1.165) is 15.3 Å². The highest BCUT2D eigenvalue weighted by Gasteiger charge is 2.25. The van der Waals surface area contributed by atoms with Crippen LogP contribution in [-0.4, -0.2) is 35.5 Å². The minimum Gasteiger partial charge on any atom is -0.468 e. The number of hydrogen-bond donors (Lipinski definition) is 0. The van der Waals surface area contributed by atoms with Crippen LogP contribution in [0.3, 0.4) is 0 Å². The Kier molecular flexibility index (Phi) is 5.14. The number of methoxy groups -OCH3 is 1. The third kappa shape index (κ3) is 3.76. The van der Waals surface area contributed by atoms with Crippen LogP contribution >= 0.6 is 27.3 Å². The molecule has 0 aliphatic heterocycles. The fourth-order valence-corrected chi connectivity index (χ4v) is 3.68. The Labute approximate surface area is 119 Å². The summed E-state index contributed by atoms with van der Waals surface area (Å²) in [5.41, 5.74) is 0. The van der Waals surface area contributed by atoms with Crippen molar-refractivity contribution in [1.29, 1.82) is 0 Å². The first kappa shape index (κ1) is 14.0. The maximum Gasteiger partial charge on any atom is 0.319 e. The predicted octanol–water partition coefficient (Wildman–Crippen LogP) is 2.82. The summed E-state index contributed by atoms with van der Waals surface area (Å²) in [6.45, 7) is 1.09. The summed E-state index contributed by atoms with van der Waals surface area (Å²) < 4.78 is 5.81. The Bertz CT molecular complexity index is 405. The van der Waals surface area contributed by atoms with Gasteiger partial charge in [-0.05, 0) is 28.8 Å². The zero-order valence-corrected chi connectivity index (χ0v) is 12.8. The van der Waals surface area contributed by atoms with Gasteiger partial charge in [-0.25, -0.2) is 4.98 Å². The van der Waals surface area contributed by atoms with Gasteiger partial charge in [-0.15, -0.1) is 11.3 Å². The molecule has 0 bridgehead atoms. The molecule has 18 heavy (non-hydrogen) atoms. The highest BCUT2D eigenvalue weighted by molar-refractivity contribution is 9.11. The Hall–Kier alpha value is -0.460. The number of aromatic nitrogens is 1. The van der Waals surface area contributed by atoms with Crippen LogP contribution in [0.4, 0.5) is 0 Å². The Morgan fingerprint density at radius 1 is 1.61 bits per heavy atom. The molecule has 0 N–H and O–H groups in total. The van der Waals surface area contributed by atoms with Gasteiger partial charge in [0.05, 0.1) is 30.2 Å². The number of hydrogen-bond acceptors (Lipinski definition) is 5. The number of thiazole rings is 1. The average molecular weight is 333 g/mol. The molecule has 1 fully saturated rings. The second-order valence-corrected chi connectivity index (χ2v) is 6.97. The fourth-order valence-electron chi connectivity index (χ4n) is 2.35. The largest absolute Gasteiger partial charge is 0.468 e. The number of rotatable bonds is 5. The van der Waals surface area contributed by atoms with E-state index >= 15 is 0 Å². The molecule has 0 aromatic carbocycles. The van der Waals surface area contributed by atoms with E-state index in [1.165, 1.54) is 32.8 Å². The lowest BCUT2D eigenvalue weighted by Crippen LogP contribution is -2.37. The van der Waals surface area contributed by atoms with E-state index in [4.69, 9.17) is 4.74 Å². The number of carbonyl (C=O) groups is 1. The Balaban J connectivity index is 2.01. The summed E-state index contributed by atoms with van der Waals surface area (Å²) in [7, 11) is 1.44. The van der Waals surface area contributed by atoms with Gasteiger partial charge in [0.2, 0.25) is 0 Å². The molecule has 1 aliphatic rings. The first-order chi connectivity index (χ1) is 8.69. The van der Waals surface area contributed by atoms with Gasteiger partial charge in [-0.1, -0.05) is 12.8 Å². The van der Waals surface area contributed by atoms with Crippen molar-refractivity contribution in [3.05, 3.63) is 15.0 Å². The highest BCUT2D eigenvalue weighted by atomic mass is 79.9. The van der Waals surface area contributed by atoms with E-state index < -0.39 is 0 Å². The molecule has 0 atom stereocenters. The molecule has 1 saturated carbocycles. The molecule has 0 unspecified atom stereocenters. The third-order valence-corrected chi connectivity index (χ3v) is 4.73. The number of ether oxygens (including phenoxy) is 1. The second-order valence-electron chi connectivity index (χ2n) is 4.48. The topological polar surface area (TPSA) is 42.4 Å².